The highest BCUT2D eigenvalue weighted by atomic mass is 16.7. The molecule has 2 aliphatic rings. The Hall–Kier alpha value is -2.41. The summed E-state index contributed by atoms with van der Waals surface area (Å²) in [5.41, 5.74) is 5.20. The smallest absolute Gasteiger partial charge is 0.223 e. The molecule has 1 fully saturated rings. The molecule has 0 N–H and O–H groups in total. The van der Waals surface area contributed by atoms with Crippen molar-refractivity contribution in [2.45, 2.75) is 12.2 Å². The Bertz CT molecular complexity index is 795. The van der Waals surface area contributed by atoms with Crippen LogP contribution in [0.25, 0.3) is 12.2 Å². The van der Waals surface area contributed by atoms with Gasteiger partial charge in [-0.15, -0.1) is 0 Å². The van der Waals surface area contributed by atoms with E-state index in [1.807, 2.05) is 30.3 Å². The Labute approximate surface area is 129 Å². The maximum absolute atomic E-state index is 8.91. The van der Waals surface area contributed by atoms with Gasteiger partial charge in [-0.05, 0) is 16.7 Å². The third-order valence-corrected chi connectivity index (χ3v) is 4.21. The number of benzene rings is 2. The molecule has 0 radical (unpaired) electrons. The first-order valence-corrected chi connectivity index (χ1v) is 7.39. The van der Waals surface area contributed by atoms with Crippen LogP contribution in [0.4, 0.5) is 0 Å². The monoisotopic (exact) mass is 289 g/mol. The van der Waals surface area contributed by atoms with Crippen LogP contribution in [0.5, 0.6) is 0 Å². The Morgan fingerprint density at radius 3 is 2.50 bits per heavy atom. The van der Waals surface area contributed by atoms with E-state index in [0.717, 1.165) is 27.8 Å². The summed E-state index contributed by atoms with van der Waals surface area (Å²) >= 11 is 0. The first kappa shape index (κ1) is 13.3. The minimum Gasteiger partial charge on any atom is -0.340 e. The van der Waals surface area contributed by atoms with E-state index in [1.54, 1.807) is 0 Å². The maximum atomic E-state index is 8.91. The quantitative estimate of drug-likeness (QED) is 0.807. The van der Waals surface area contributed by atoms with Crippen molar-refractivity contribution in [1.29, 1.82) is 5.26 Å². The largest absolute Gasteiger partial charge is 0.340 e. The molecule has 3 nitrogen and oxygen atoms in total. The fourth-order valence-electron chi connectivity index (χ4n) is 3.24. The molecule has 0 saturated carbocycles. The van der Waals surface area contributed by atoms with Gasteiger partial charge in [-0.25, -0.2) is 0 Å². The highest BCUT2D eigenvalue weighted by Gasteiger charge is 2.43. The maximum Gasteiger partial charge on any atom is 0.223 e. The van der Waals surface area contributed by atoms with E-state index in [9.17, 15) is 0 Å². The van der Waals surface area contributed by atoms with E-state index >= 15 is 0 Å². The van der Waals surface area contributed by atoms with Crippen molar-refractivity contribution in [3.05, 3.63) is 70.3 Å². The minimum absolute atomic E-state index is 0.406. The molecule has 1 saturated heterocycles. The van der Waals surface area contributed by atoms with E-state index in [0.29, 0.717) is 19.6 Å². The van der Waals surface area contributed by atoms with E-state index < -0.39 is 5.79 Å². The van der Waals surface area contributed by atoms with Crippen LogP contribution in [0.3, 0.4) is 0 Å². The zero-order valence-corrected chi connectivity index (χ0v) is 12.1. The average molecular weight is 289 g/mol. The second-order valence-corrected chi connectivity index (χ2v) is 5.49. The van der Waals surface area contributed by atoms with Crippen LogP contribution >= 0.6 is 0 Å². The topological polar surface area (TPSA) is 42.2 Å². The molecule has 0 aromatic heterocycles. The Balaban J connectivity index is 1.96. The van der Waals surface area contributed by atoms with Crippen molar-refractivity contribution in [2.24, 2.45) is 0 Å². The standard InChI is InChI=1S/C19H15NO2/c20-10-9-14-5-8-18-16(13-14)7-6-15-3-1-2-4-17(15)19(18)21-11-12-22-19/h1-8,13H,9,11-12H2. The van der Waals surface area contributed by atoms with Crippen molar-refractivity contribution in [3.8, 4) is 6.07 Å². The molecule has 1 aliphatic heterocycles. The predicted octanol–water partition coefficient (Wildman–Crippen LogP) is 3.48. The minimum atomic E-state index is -0.833. The molecule has 3 heteroatoms. The number of nitrogens with zero attached hydrogens (tertiary/aromatic N) is 1. The van der Waals surface area contributed by atoms with E-state index in [2.05, 4.69) is 30.4 Å². The highest BCUT2D eigenvalue weighted by Crippen LogP contribution is 2.44. The van der Waals surface area contributed by atoms with Gasteiger partial charge < -0.3 is 9.47 Å². The van der Waals surface area contributed by atoms with Crippen LogP contribution in [0.15, 0.2) is 42.5 Å². The normalized spacial score (nSPS) is 17.6. The van der Waals surface area contributed by atoms with Gasteiger partial charge in [0, 0.05) is 11.1 Å². The first-order chi connectivity index (χ1) is 10.8. The van der Waals surface area contributed by atoms with Gasteiger partial charge >= 0.3 is 0 Å². The lowest BCUT2D eigenvalue weighted by molar-refractivity contribution is -0.130. The summed E-state index contributed by atoms with van der Waals surface area (Å²) in [7, 11) is 0. The summed E-state index contributed by atoms with van der Waals surface area (Å²) < 4.78 is 12.2. The highest BCUT2D eigenvalue weighted by molar-refractivity contribution is 5.77. The van der Waals surface area contributed by atoms with Gasteiger partial charge in [0.1, 0.15) is 0 Å². The Kier molecular flexibility index (Phi) is 3.07. The van der Waals surface area contributed by atoms with Gasteiger partial charge in [0.2, 0.25) is 5.79 Å². The third kappa shape index (κ3) is 1.89. The lowest BCUT2D eigenvalue weighted by Crippen LogP contribution is -2.30. The fraction of sp³-hybridized carbons (Fsp3) is 0.211. The van der Waals surface area contributed by atoms with Crippen LogP contribution in [-0.4, -0.2) is 13.2 Å². The molecule has 108 valence electrons. The molecule has 0 atom stereocenters. The summed E-state index contributed by atoms with van der Waals surface area (Å²) in [6.07, 6.45) is 4.57. The fourth-order valence-corrected chi connectivity index (χ4v) is 3.24. The summed E-state index contributed by atoms with van der Waals surface area (Å²) in [5, 5.41) is 8.91. The van der Waals surface area contributed by atoms with Crippen LogP contribution in [-0.2, 0) is 21.7 Å². The molecule has 1 aliphatic carbocycles. The van der Waals surface area contributed by atoms with Crippen molar-refractivity contribution >= 4 is 12.2 Å². The van der Waals surface area contributed by atoms with Crippen molar-refractivity contribution in [1.82, 2.24) is 0 Å². The van der Waals surface area contributed by atoms with Crippen LogP contribution in [0.1, 0.15) is 27.8 Å². The molecular formula is C19H15NO2. The molecule has 0 unspecified atom stereocenters. The molecular weight excluding hydrogens is 274 g/mol. The predicted molar refractivity (Wildman–Crippen MR) is 83.8 cm³/mol. The summed E-state index contributed by atoms with van der Waals surface area (Å²) in [4.78, 5) is 0. The molecule has 2 aromatic carbocycles. The second-order valence-electron chi connectivity index (χ2n) is 5.49. The SMILES string of the molecule is N#CCc1ccc2c(c1)C=Cc1ccccc1C21OCCO1. The average Bonchev–Trinajstić information content (AvgIpc) is 2.99. The lowest BCUT2D eigenvalue weighted by Gasteiger charge is -2.30. The number of hydrogen-bond donors (Lipinski definition) is 0. The molecule has 2 aromatic rings. The van der Waals surface area contributed by atoms with Gasteiger partial charge in [0.25, 0.3) is 0 Å². The number of fused-ring (bicyclic) bond motifs is 4. The lowest BCUT2D eigenvalue weighted by atomic mass is 9.91. The molecule has 0 amide bonds. The van der Waals surface area contributed by atoms with Gasteiger partial charge in [-0.1, -0.05) is 54.6 Å². The number of rotatable bonds is 1. The molecule has 1 heterocycles. The second kappa shape index (κ2) is 5.10. The summed E-state index contributed by atoms with van der Waals surface area (Å²) in [5.74, 6) is -0.833. The molecule has 0 bridgehead atoms. The number of hydrogen-bond acceptors (Lipinski definition) is 3. The summed E-state index contributed by atoms with van der Waals surface area (Å²) in [6, 6.07) is 16.4. The Morgan fingerprint density at radius 1 is 0.955 bits per heavy atom. The van der Waals surface area contributed by atoms with Gasteiger partial charge in [0.15, 0.2) is 0 Å². The number of ether oxygens (including phenoxy) is 2. The van der Waals surface area contributed by atoms with E-state index in [1.165, 1.54) is 0 Å². The van der Waals surface area contributed by atoms with Crippen LogP contribution in [0.2, 0.25) is 0 Å². The van der Waals surface area contributed by atoms with Crippen molar-refractivity contribution in [3.63, 3.8) is 0 Å². The van der Waals surface area contributed by atoms with E-state index in [-0.39, 0.29) is 0 Å². The van der Waals surface area contributed by atoms with Gasteiger partial charge in [-0.2, -0.15) is 5.26 Å². The van der Waals surface area contributed by atoms with Gasteiger partial charge in [-0.3, -0.25) is 0 Å². The first-order valence-electron chi connectivity index (χ1n) is 7.39. The zero-order valence-electron chi connectivity index (χ0n) is 12.1. The number of nitriles is 1. The van der Waals surface area contributed by atoms with E-state index in [4.69, 9.17) is 14.7 Å². The molecule has 1 spiro atoms. The molecule has 4 rings (SSSR count). The third-order valence-electron chi connectivity index (χ3n) is 4.21. The van der Waals surface area contributed by atoms with Gasteiger partial charge in [0.05, 0.1) is 25.7 Å². The summed E-state index contributed by atoms with van der Waals surface area (Å²) in [6.45, 7) is 1.15. The van der Waals surface area contributed by atoms with Crippen molar-refractivity contribution < 1.29 is 9.47 Å². The van der Waals surface area contributed by atoms with Crippen LogP contribution < -0.4 is 0 Å². The Morgan fingerprint density at radius 2 is 1.68 bits per heavy atom. The van der Waals surface area contributed by atoms with Crippen molar-refractivity contribution in [2.75, 3.05) is 13.2 Å². The zero-order chi connectivity index (χ0) is 15.0. The van der Waals surface area contributed by atoms with Crippen LogP contribution in [0, 0.1) is 11.3 Å². The molecule has 22 heavy (non-hydrogen) atoms.